The molecule has 1 heterocycles. The standard InChI is InChI=1S/C19H22N2O2.CH3NS.CH4O/c1-14-11-16(13-22)12-15(2)19(14)21-9-7-20(8-10-21)17-3-5-18(23)6-4-17;2-1-3;1-2/h3-6,11-13,23H,7-10H2,1-2H3;1H,(H2,2,3);2H,1H3. The molecule has 0 atom stereocenters. The van der Waals surface area contributed by atoms with E-state index in [1.807, 2.05) is 24.3 Å². The van der Waals surface area contributed by atoms with Crippen LogP contribution in [-0.2, 0) is 0 Å². The highest BCUT2D eigenvalue weighted by molar-refractivity contribution is 7.78. The van der Waals surface area contributed by atoms with Crippen molar-refractivity contribution in [3.8, 4) is 5.75 Å². The van der Waals surface area contributed by atoms with Gasteiger partial charge in [-0.2, -0.15) is 0 Å². The maximum Gasteiger partial charge on any atom is 0.150 e. The fourth-order valence-corrected chi connectivity index (χ4v) is 3.41. The molecule has 0 saturated carbocycles. The number of anilines is 2. The van der Waals surface area contributed by atoms with E-state index in [0.29, 0.717) is 5.75 Å². The number of aliphatic hydroxyl groups is 1. The van der Waals surface area contributed by atoms with Gasteiger partial charge in [-0.3, -0.25) is 4.79 Å². The Kier molecular flexibility index (Phi) is 9.98. The van der Waals surface area contributed by atoms with E-state index in [4.69, 9.17) is 5.11 Å². The monoisotopic (exact) mass is 403 g/mol. The summed E-state index contributed by atoms with van der Waals surface area (Å²) in [6, 6.07) is 11.3. The molecule has 0 amide bonds. The average Bonchev–Trinajstić information content (AvgIpc) is 2.71. The predicted octanol–water partition coefficient (Wildman–Crippen LogP) is 2.66. The lowest BCUT2D eigenvalue weighted by molar-refractivity contribution is 0.112. The largest absolute Gasteiger partial charge is 0.508 e. The van der Waals surface area contributed by atoms with Gasteiger partial charge in [-0.05, 0) is 61.4 Å². The molecule has 0 aromatic heterocycles. The Morgan fingerprint density at radius 2 is 1.39 bits per heavy atom. The molecule has 4 N–H and O–H groups in total. The highest BCUT2D eigenvalue weighted by Gasteiger charge is 2.20. The zero-order valence-corrected chi connectivity index (χ0v) is 17.4. The van der Waals surface area contributed by atoms with Gasteiger partial charge in [0.25, 0.3) is 0 Å². The summed E-state index contributed by atoms with van der Waals surface area (Å²) in [7, 11) is 1.00. The summed E-state index contributed by atoms with van der Waals surface area (Å²) < 4.78 is 0. The number of hydrogen-bond acceptors (Lipinski definition) is 6. The normalized spacial score (nSPS) is 12.9. The minimum atomic E-state index is 0.300. The van der Waals surface area contributed by atoms with Crippen LogP contribution in [-0.4, -0.2) is 55.3 Å². The minimum Gasteiger partial charge on any atom is -0.508 e. The molecule has 1 saturated heterocycles. The highest BCUT2D eigenvalue weighted by atomic mass is 32.1. The van der Waals surface area contributed by atoms with E-state index in [1.165, 1.54) is 5.69 Å². The molecule has 152 valence electrons. The van der Waals surface area contributed by atoms with Crippen molar-refractivity contribution in [2.75, 3.05) is 43.1 Å². The Hall–Kier alpha value is -2.64. The molecule has 0 aliphatic carbocycles. The number of nitrogens with two attached hydrogens (primary N) is 1. The van der Waals surface area contributed by atoms with Crippen LogP contribution in [0.15, 0.2) is 36.4 Å². The molecule has 6 nitrogen and oxygen atoms in total. The van der Waals surface area contributed by atoms with Crippen molar-refractivity contribution in [3.63, 3.8) is 0 Å². The molecular formula is C21H29N3O3S. The summed E-state index contributed by atoms with van der Waals surface area (Å²) in [6.07, 6.45) is 0.909. The summed E-state index contributed by atoms with van der Waals surface area (Å²) in [4.78, 5) is 15.7. The number of phenolic OH excluding ortho intramolecular Hbond substituents is 1. The fourth-order valence-electron chi connectivity index (χ4n) is 3.41. The van der Waals surface area contributed by atoms with Crippen LogP contribution in [0.5, 0.6) is 5.75 Å². The quantitative estimate of drug-likeness (QED) is 0.536. The van der Waals surface area contributed by atoms with Gasteiger partial charge in [-0.25, -0.2) is 0 Å². The zero-order chi connectivity index (χ0) is 21.1. The van der Waals surface area contributed by atoms with Crippen molar-refractivity contribution in [1.82, 2.24) is 0 Å². The summed E-state index contributed by atoms with van der Waals surface area (Å²) >= 11 is 4.05. The van der Waals surface area contributed by atoms with Crippen LogP contribution < -0.4 is 15.5 Å². The van der Waals surface area contributed by atoms with E-state index in [0.717, 1.165) is 67.4 Å². The Morgan fingerprint density at radius 3 is 1.82 bits per heavy atom. The minimum absolute atomic E-state index is 0.300. The number of hydrogen-bond donors (Lipinski definition) is 3. The highest BCUT2D eigenvalue weighted by Crippen LogP contribution is 2.28. The maximum absolute atomic E-state index is 11.0. The third-order valence-corrected chi connectivity index (χ3v) is 4.46. The Bertz CT molecular complexity index is 735. The average molecular weight is 404 g/mol. The predicted molar refractivity (Wildman–Crippen MR) is 120 cm³/mol. The van der Waals surface area contributed by atoms with E-state index >= 15 is 0 Å². The van der Waals surface area contributed by atoms with Crippen LogP contribution in [0.1, 0.15) is 21.5 Å². The molecule has 1 fully saturated rings. The van der Waals surface area contributed by atoms with Crippen LogP contribution in [0.3, 0.4) is 0 Å². The maximum atomic E-state index is 11.0. The molecule has 0 unspecified atom stereocenters. The lowest BCUT2D eigenvalue weighted by atomic mass is 10.0. The summed E-state index contributed by atoms with van der Waals surface area (Å²) in [5.41, 5.74) is 11.1. The van der Waals surface area contributed by atoms with Crippen LogP contribution in [0.25, 0.3) is 0 Å². The molecule has 7 heteroatoms. The number of aromatic hydroxyl groups is 1. The van der Waals surface area contributed by atoms with Crippen LogP contribution in [0.4, 0.5) is 11.4 Å². The van der Waals surface area contributed by atoms with Gasteiger partial charge >= 0.3 is 0 Å². The summed E-state index contributed by atoms with van der Waals surface area (Å²) in [5.74, 6) is 0.300. The van der Waals surface area contributed by atoms with Crippen LogP contribution in [0.2, 0.25) is 0 Å². The number of benzene rings is 2. The molecule has 2 aromatic rings. The third kappa shape index (κ3) is 6.21. The van der Waals surface area contributed by atoms with Crippen molar-refractivity contribution < 1.29 is 15.0 Å². The number of thiocarbonyl (C=S) groups is 1. The lowest BCUT2D eigenvalue weighted by Crippen LogP contribution is -2.47. The number of phenols is 1. The van der Waals surface area contributed by atoms with E-state index in [-0.39, 0.29) is 0 Å². The molecule has 0 radical (unpaired) electrons. The molecule has 2 aromatic carbocycles. The van der Waals surface area contributed by atoms with Crippen molar-refractivity contribution in [2.45, 2.75) is 13.8 Å². The number of aldehydes is 1. The molecule has 1 aliphatic heterocycles. The zero-order valence-electron chi connectivity index (χ0n) is 16.6. The topological polar surface area (TPSA) is 90.0 Å². The molecule has 28 heavy (non-hydrogen) atoms. The van der Waals surface area contributed by atoms with Gasteiger partial charge in [0, 0.05) is 50.2 Å². The Morgan fingerprint density at radius 1 is 0.964 bits per heavy atom. The van der Waals surface area contributed by atoms with Gasteiger partial charge in [-0.15, -0.1) is 0 Å². The van der Waals surface area contributed by atoms with Crippen LogP contribution >= 0.6 is 12.2 Å². The number of nitrogens with zero attached hydrogens (tertiary/aromatic N) is 2. The van der Waals surface area contributed by atoms with Crippen molar-refractivity contribution in [3.05, 3.63) is 53.1 Å². The number of aryl methyl sites for hydroxylation is 2. The first kappa shape index (κ1) is 23.4. The number of piperazine rings is 1. The number of carbonyl (C=O) groups is 1. The second-order valence-electron chi connectivity index (χ2n) is 6.25. The summed E-state index contributed by atoms with van der Waals surface area (Å²) in [5, 5.41) is 16.4. The van der Waals surface area contributed by atoms with E-state index in [1.54, 1.807) is 12.1 Å². The second-order valence-corrected chi connectivity index (χ2v) is 6.52. The van der Waals surface area contributed by atoms with Crippen molar-refractivity contribution in [1.29, 1.82) is 0 Å². The number of rotatable bonds is 3. The van der Waals surface area contributed by atoms with Gasteiger partial charge in [0.15, 0.2) is 0 Å². The van der Waals surface area contributed by atoms with Gasteiger partial charge in [0.2, 0.25) is 0 Å². The lowest BCUT2D eigenvalue weighted by Gasteiger charge is -2.38. The van der Waals surface area contributed by atoms with Gasteiger partial charge in [-0.1, -0.05) is 12.2 Å². The molecule has 1 aliphatic rings. The number of carbonyl (C=O) groups excluding carboxylic acids is 1. The molecule has 0 spiro atoms. The SMILES string of the molecule is CO.Cc1cc(C=O)cc(C)c1N1CCN(c2ccc(O)cc2)CC1.NC=S. The van der Waals surface area contributed by atoms with E-state index in [2.05, 4.69) is 41.6 Å². The van der Waals surface area contributed by atoms with E-state index < -0.39 is 0 Å². The molecule has 0 bridgehead atoms. The smallest absolute Gasteiger partial charge is 0.150 e. The van der Waals surface area contributed by atoms with E-state index in [9.17, 15) is 9.90 Å². The Balaban J connectivity index is 0.000000717. The molecular weight excluding hydrogens is 374 g/mol. The van der Waals surface area contributed by atoms with Crippen molar-refractivity contribution >= 4 is 35.4 Å². The number of aliphatic hydroxyl groups excluding tert-OH is 1. The van der Waals surface area contributed by atoms with Gasteiger partial charge in [0.1, 0.15) is 12.0 Å². The van der Waals surface area contributed by atoms with Crippen molar-refractivity contribution in [2.24, 2.45) is 5.73 Å². The first-order valence-corrected chi connectivity index (χ1v) is 9.42. The molecule has 3 rings (SSSR count). The first-order valence-electron chi connectivity index (χ1n) is 8.95. The fraction of sp³-hybridized carbons (Fsp3) is 0.333. The van der Waals surface area contributed by atoms with Gasteiger partial charge < -0.3 is 25.7 Å². The first-order chi connectivity index (χ1) is 13.5. The third-order valence-electron chi connectivity index (χ3n) is 4.46. The van der Waals surface area contributed by atoms with Crippen LogP contribution in [0, 0.1) is 13.8 Å². The Labute approximate surface area is 172 Å². The second kappa shape index (κ2) is 11.9. The van der Waals surface area contributed by atoms with Gasteiger partial charge in [0.05, 0.1) is 5.49 Å². The summed E-state index contributed by atoms with van der Waals surface area (Å²) in [6.45, 7) is 7.92.